The van der Waals surface area contributed by atoms with Gasteiger partial charge in [0.25, 0.3) is 5.56 Å². The van der Waals surface area contributed by atoms with Gasteiger partial charge in [-0.25, -0.2) is 4.98 Å². The van der Waals surface area contributed by atoms with Crippen molar-refractivity contribution in [2.24, 2.45) is 0 Å². The number of amides is 1. The van der Waals surface area contributed by atoms with Crippen LogP contribution in [0.25, 0.3) is 0 Å². The van der Waals surface area contributed by atoms with Gasteiger partial charge in [-0.3, -0.25) is 14.2 Å². The lowest BCUT2D eigenvalue weighted by Gasteiger charge is -2.29. The Kier molecular flexibility index (Phi) is 6.05. The monoisotopic (exact) mass is 420 g/mol. The minimum Gasteiger partial charge on any atom is -0.378 e. The minimum atomic E-state index is -0.233. The van der Waals surface area contributed by atoms with Gasteiger partial charge >= 0.3 is 0 Å². The summed E-state index contributed by atoms with van der Waals surface area (Å²) in [6, 6.07) is 9.14. The number of hydrogen-bond acceptors (Lipinski definition) is 5. The SMILES string of the molecule is Cc1cc(=O)n(CC(=O)NCc2ccccc2Br)c(N2CCOCC2)n1. The van der Waals surface area contributed by atoms with Crippen LogP contribution in [0.3, 0.4) is 0 Å². The van der Waals surface area contributed by atoms with E-state index in [9.17, 15) is 9.59 Å². The van der Waals surface area contributed by atoms with E-state index >= 15 is 0 Å². The minimum absolute atomic E-state index is 0.0662. The first-order valence-electron chi connectivity index (χ1n) is 8.46. The molecule has 0 bridgehead atoms. The summed E-state index contributed by atoms with van der Waals surface area (Å²) in [5.74, 6) is 0.289. The van der Waals surface area contributed by atoms with Crippen molar-refractivity contribution >= 4 is 27.8 Å². The van der Waals surface area contributed by atoms with Gasteiger partial charge in [0.05, 0.1) is 13.2 Å². The second-order valence-corrected chi connectivity index (χ2v) is 6.94. The van der Waals surface area contributed by atoms with Crippen LogP contribution in [0.1, 0.15) is 11.3 Å². The number of nitrogens with one attached hydrogen (secondary N) is 1. The van der Waals surface area contributed by atoms with Crippen molar-refractivity contribution in [1.82, 2.24) is 14.9 Å². The smallest absolute Gasteiger partial charge is 0.255 e. The number of hydrogen-bond donors (Lipinski definition) is 1. The molecule has 2 heterocycles. The lowest BCUT2D eigenvalue weighted by molar-refractivity contribution is -0.121. The molecule has 0 aliphatic carbocycles. The van der Waals surface area contributed by atoms with Crippen LogP contribution in [0.5, 0.6) is 0 Å². The lowest BCUT2D eigenvalue weighted by Crippen LogP contribution is -2.42. The fraction of sp³-hybridized carbons (Fsp3) is 0.389. The Morgan fingerprint density at radius 2 is 2.04 bits per heavy atom. The molecule has 3 rings (SSSR count). The van der Waals surface area contributed by atoms with Gasteiger partial charge in [0.15, 0.2) is 0 Å². The maximum Gasteiger partial charge on any atom is 0.255 e. The average molecular weight is 421 g/mol. The van der Waals surface area contributed by atoms with E-state index in [1.165, 1.54) is 10.6 Å². The zero-order chi connectivity index (χ0) is 18.5. The van der Waals surface area contributed by atoms with Gasteiger partial charge in [-0.2, -0.15) is 0 Å². The molecule has 1 amide bonds. The fourth-order valence-electron chi connectivity index (χ4n) is 2.79. The molecule has 2 aromatic rings. The first-order valence-corrected chi connectivity index (χ1v) is 9.25. The number of morpholine rings is 1. The first-order chi connectivity index (χ1) is 12.5. The molecule has 138 valence electrons. The molecule has 1 fully saturated rings. The highest BCUT2D eigenvalue weighted by atomic mass is 79.9. The summed E-state index contributed by atoms with van der Waals surface area (Å²) in [5, 5.41) is 2.86. The fourth-order valence-corrected chi connectivity index (χ4v) is 3.22. The summed E-state index contributed by atoms with van der Waals surface area (Å²) < 4.78 is 7.72. The summed E-state index contributed by atoms with van der Waals surface area (Å²) >= 11 is 3.46. The highest BCUT2D eigenvalue weighted by Crippen LogP contribution is 2.15. The normalized spacial score (nSPS) is 14.3. The molecule has 0 atom stereocenters. The van der Waals surface area contributed by atoms with E-state index in [2.05, 4.69) is 26.2 Å². The van der Waals surface area contributed by atoms with Crippen molar-refractivity contribution in [3.05, 3.63) is 56.4 Å². The predicted molar refractivity (Wildman–Crippen MR) is 102 cm³/mol. The van der Waals surface area contributed by atoms with Crippen LogP contribution in [0, 0.1) is 6.92 Å². The number of anilines is 1. The van der Waals surface area contributed by atoms with Gasteiger partial charge in [-0.1, -0.05) is 34.1 Å². The van der Waals surface area contributed by atoms with Gasteiger partial charge in [-0.15, -0.1) is 0 Å². The van der Waals surface area contributed by atoms with Gasteiger partial charge in [0.1, 0.15) is 6.54 Å². The third kappa shape index (κ3) is 4.50. The number of aryl methyl sites for hydroxylation is 1. The Morgan fingerprint density at radius 1 is 1.31 bits per heavy atom. The van der Waals surface area contributed by atoms with Crippen LogP contribution in [-0.2, 0) is 22.6 Å². The van der Waals surface area contributed by atoms with Crippen LogP contribution in [0.2, 0.25) is 0 Å². The summed E-state index contributed by atoms with van der Waals surface area (Å²) in [6.07, 6.45) is 0. The second-order valence-electron chi connectivity index (χ2n) is 6.09. The maximum absolute atomic E-state index is 12.4. The molecule has 0 radical (unpaired) electrons. The largest absolute Gasteiger partial charge is 0.378 e. The number of aromatic nitrogens is 2. The van der Waals surface area contributed by atoms with Crippen molar-refractivity contribution in [1.29, 1.82) is 0 Å². The van der Waals surface area contributed by atoms with Crippen LogP contribution in [0.15, 0.2) is 39.6 Å². The Labute approximate surface area is 160 Å². The van der Waals surface area contributed by atoms with E-state index in [0.29, 0.717) is 44.5 Å². The summed E-state index contributed by atoms with van der Waals surface area (Å²) in [7, 11) is 0. The van der Waals surface area contributed by atoms with Crippen LogP contribution < -0.4 is 15.8 Å². The maximum atomic E-state index is 12.4. The first kappa shape index (κ1) is 18.6. The predicted octanol–water partition coefficient (Wildman–Crippen LogP) is 1.47. The van der Waals surface area contributed by atoms with E-state index in [0.717, 1.165) is 10.0 Å². The highest BCUT2D eigenvalue weighted by molar-refractivity contribution is 9.10. The summed E-state index contributed by atoms with van der Waals surface area (Å²) in [5.41, 5.74) is 1.39. The number of carbonyl (C=O) groups is 1. The molecule has 0 spiro atoms. The Balaban J connectivity index is 1.75. The third-order valence-electron chi connectivity index (χ3n) is 4.15. The molecule has 0 saturated carbocycles. The molecule has 1 aromatic heterocycles. The number of rotatable bonds is 5. The number of nitrogens with zero attached hydrogens (tertiary/aromatic N) is 3. The van der Waals surface area contributed by atoms with Crippen molar-refractivity contribution in [3.8, 4) is 0 Å². The van der Waals surface area contributed by atoms with E-state index in [4.69, 9.17) is 4.74 Å². The molecule has 1 N–H and O–H groups in total. The summed E-state index contributed by atoms with van der Waals surface area (Å²) in [6.45, 7) is 4.56. The quantitative estimate of drug-likeness (QED) is 0.792. The summed E-state index contributed by atoms with van der Waals surface area (Å²) in [4.78, 5) is 31.3. The average Bonchev–Trinajstić information content (AvgIpc) is 2.64. The zero-order valence-electron chi connectivity index (χ0n) is 14.6. The van der Waals surface area contributed by atoms with Gasteiger partial charge < -0.3 is 15.0 Å². The number of carbonyl (C=O) groups excluding carboxylic acids is 1. The van der Waals surface area contributed by atoms with Crippen molar-refractivity contribution in [2.75, 3.05) is 31.2 Å². The van der Waals surface area contributed by atoms with Crippen molar-refractivity contribution < 1.29 is 9.53 Å². The van der Waals surface area contributed by atoms with Crippen molar-refractivity contribution in [3.63, 3.8) is 0 Å². The topological polar surface area (TPSA) is 76.5 Å². The van der Waals surface area contributed by atoms with Crippen LogP contribution in [0.4, 0.5) is 5.95 Å². The molecule has 0 unspecified atom stereocenters. The molecule has 7 nitrogen and oxygen atoms in total. The lowest BCUT2D eigenvalue weighted by atomic mass is 10.2. The molecule has 1 saturated heterocycles. The van der Waals surface area contributed by atoms with Crippen LogP contribution in [-0.4, -0.2) is 41.8 Å². The zero-order valence-corrected chi connectivity index (χ0v) is 16.2. The molecule has 8 heteroatoms. The van der Waals surface area contributed by atoms with Gasteiger partial charge in [-0.05, 0) is 18.6 Å². The molecular weight excluding hydrogens is 400 g/mol. The standard InChI is InChI=1S/C18H21BrN4O3/c1-13-10-17(25)23(18(21-13)22-6-8-26-9-7-22)12-16(24)20-11-14-4-2-3-5-15(14)19/h2-5,10H,6-9,11-12H2,1H3,(H,20,24). The van der Waals surface area contributed by atoms with E-state index < -0.39 is 0 Å². The van der Waals surface area contributed by atoms with Gasteiger partial charge in [0.2, 0.25) is 11.9 Å². The third-order valence-corrected chi connectivity index (χ3v) is 4.92. The molecule has 26 heavy (non-hydrogen) atoms. The molecule has 1 aliphatic heterocycles. The Bertz CT molecular complexity index is 847. The molecular formula is C18H21BrN4O3. The van der Waals surface area contributed by atoms with E-state index in [1.807, 2.05) is 29.2 Å². The number of halogens is 1. The highest BCUT2D eigenvalue weighted by Gasteiger charge is 2.19. The Morgan fingerprint density at radius 3 is 2.77 bits per heavy atom. The Hall–Kier alpha value is -2.19. The second kappa shape index (κ2) is 8.46. The van der Waals surface area contributed by atoms with E-state index in [1.54, 1.807) is 6.92 Å². The van der Waals surface area contributed by atoms with Crippen molar-refractivity contribution in [2.45, 2.75) is 20.0 Å². The van der Waals surface area contributed by atoms with Gasteiger partial charge in [0, 0.05) is 35.9 Å². The molecule has 1 aromatic carbocycles. The number of benzene rings is 1. The van der Waals surface area contributed by atoms with Crippen LogP contribution >= 0.6 is 15.9 Å². The number of ether oxygens (including phenoxy) is 1. The molecule has 1 aliphatic rings. The van der Waals surface area contributed by atoms with E-state index in [-0.39, 0.29) is 18.0 Å².